The molecule has 2 aliphatic heterocycles. The Morgan fingerprint density at radius 1 is 1.33 bits per heavy atom. The minimum atomic E-state index is -0.100. The summed E-state index contributed by atoms with van der Waals surface area (Å²) in [6, 6.07) is 1.90. The molecular weight excluding hydrogens is 262 g/mol. The number of aldehydes is 1. The molecule has 0 radical (unpaired) electrons. The van der Waals surface area contributed by atoms with Crippen LogP contribution in [-0.2, 0) is 5.41 Å². The predicted octanol–water partition coefficient (Wildman–Crippen LogP) is 3.98. The van der Waals surface area contributed by atoms with Crippen molar-refractivity contribution in [3.8, 4) is 5.75 Å². The largest absolute Gasteiger partial charge is 0.507 e. The summed E-state index contributed by atoms with van der Waals surface area (Å²) in [7, 11) is 0. The lowest BCUT2D eigenvalue weighted by Crippen LogP contribution is -2.53. The highest BCUT2D eigenvalue weighted by Gasteiger charge is 2.45. The summed E-state index contributed by atoms with van der Waals surface area (Å²) in [5.41, 5.74) is 3.79. The van der Waals surface area contributed by atoms with Crippen molar-refractivity contribution in [3.05, 3.63) is 22.8 Å². The van der Waals surface area contributed by atoms with Crippen LogP contribution in [0.3, 0.4) is 0 Å². The molecule has 1 atom stereocenters. The molecule has 114 valence electrons. The normalized spacial score (nSPS) is 25.4. The fourth-order valence-electron chi connectivity index (χ4n) is 4.31. The van der Waals surface area contributed by atoms with Gasteiger partial charge in [0.05, 0.1) is 5.56 Å². The van der Waals surface area contributed by atoms with Crippen molar-refractivity contribution in [1.82, 2.24) is 0 Å². The number of benzene rings is 1. The third-order valence-electron chi connectivity index (χ3n) is 5.43. The van der Waals surface area contributed by atoms with Crippen LogP contribution in [0.15, 0.2) is 6.07 Å². The lowest BCUT2D eigenvalue weighted by molar-refractivity contribution is 0.112. The summed E-state index contributed by atoms with van der Waals surface area (Å²) < 4.78 is 0. The van der Waals surface area contributed by atoms with Gasteiger partial charge in [-0.15, -0.1) is 0 Å². The van der Waals surface area contributed by atoms with Crippen molar-refractivity contribution in [3.63, 3.8) is 0 Å². The first-order valence-electron chi connectivity index (χ1n) is 7.82. The Balaban J connectivity index is 2.38. The van der Waals surface area contributed by atoms with E-state index < -0.39 is 0 Å². The molecule has 3 heteroatoms. The van der Waals surface area contributed by atoms with E-state index in [2.05, 4.69) is 39.5 Å². The van der Waals surface area contributed by atoms with Crippen LogP contribution in [-0.4, -0.2) is 23.5 Å². The second kappa shape index (κ2) is 4.25. The standard InChI is InChI=1S/C18H25NO2/c1-11-9-18(4,5)19-7-6-17(2,3)14-15(19)13(11)8-12(10-20)16(14)21/h8,10-11,21H,6-7,9H2,1-5H3. The summed E-state index contributed by atoms with van der Waals surface area (Å²) >= 11 is 0. The highest BCUT2D eigenvalue weighted by atomic mass is 16.3. The van der Waals surface area contributed by atoms with Gasteiger partial charge in [-0.25, -0.2) is 0 Å². The van der Waals surface area contributed by atoms with Crippen molar-refractivity contribution in [2.75, 3.05) is 11.4 Å². The first-order chi connectivity index (χ1) is 9.69. The molecule has 1 N–H and O–H groups in total. The summed E-state index contributed by atoms with van der Waals surface area (Å²) in [5, 5.41) is 10.6. The number of anilines is 1. The van der Waals surface area contributed by atoms with Crippen LogP contribution in [0.5, 0.6) is 5.75 Å². The molecular formula is C18H25NO2. The van der Waals surface area contributed by atoms with E-state index in [0.717, 1.165) is 31.2 Å². The molecule has 3 rings (SSSR count). The summed E-state index contributed by atoms with van der Waals surface area (Å²) in [5.74, 6) is 0.585. The Hall–Kier alpha value is -1.51. The van der Waals surface area contributed by atoms with Gasteiger partial charge in [0.2, 0.25) is 0 Å². The van der Waals surface area contributed by atoms with Crippen LogP contribution < -0.4 is 4.90 Å². The first-order valence-corrected chi connectivity index (χ1v) is 7.82. The summed E-state index contributed by atoms with van der Waals surface area (Å²) in [6.45, 7) is 12.1. The number of phenolic OH excluding ortho intramolecular Hbond substituents is 1. The zero-order valence-electron chi connectivity index (χ0n) is 13.7. The number of aromatic hydroxyl groups is 1. The molecule has 0 saturated carbocycles. The van der Waals surface area contributed by atoms with E-state index in [-0.39, 0.29) is 16.7 Å². The Bertz CT molecular complexity index is 616. The Labute approximate surface area is 127 Å². The number of phenols is 1. The van der Waals surface area contributed by atoms with Crippen LogP contribution in [0, 0.1) is 0 Å². The molecule has 1 aromatic rings. The molecule has 0 amide bonds. The Morgan fingerprint density at radius 3 is 2.62 bits per heavy atom. The number of hydrogen-bond donors (Lipinski definition) is 1. The van der Waals surface area contributed by atoms with Crippen LogP contribution >= 0.6 is 0 Å². The predicted molar refractivity (Wildman–Crippen MR) is 85.6 cm³/mol. The fraction of sp³-hybridized carbons (Fsp3) is 0.611. The van der Waals surface area contributed by atoms with Gasteiger partial charge in [0.25, 0.3) is 0 Å². The quantitative estimate of drug-likeness (QED) is 0.794. The van der Waals surface area contributed by atoms with Gasteiger partial charge < -0.3 is 10.0 Å². The third kappa shape index (κ3) is 1.90. The van der Waals surface area contributed by atoms with Crippen molar-refractivity contribution in [1.29, 1.82) is 0 Å². The molecule has 1 unspecified atom stereocenters. The first kappa shape index (κ1) is 14.4. The zero-order valence-corrected chi connectivity index (χ0v) is 13.7. The van der Waals surface area contributed by atoms with E-state index in [1.165, 1.54) is 11.3 Å². The topological polar surface area (TPSA) is 40.5 Å². The van der Waals surface area contributed by atoms with Gasteiger partial charge in [-0.1, -0.05) is 20.8 Å². The summed E-state index contributed by atoms with van der Waals surface area (Å²) in [4.78, 5) is 13.8. The maximum Gasteiger partial charge on any atom is 0.153 e. The minimum absolute atomic E-state index is 0.0901. The smallest absolute Gasteiger partial charge is 0.153 e. The second-order valence-corrected chi connectivity index (χ2v) is 7.95. The third-order valence-corrected chi connectivity index (χ3v) is 5.43. The minimum Gasteiger partial charge on any atom is -0.507 e. The molecule has 0 fully saturated rings. The van der Waals surface area contributed by atoms with Crippen molar-refractivity contribution in [2.45, 2.75) is 64.3 Å². The van der Waals surface area contributed by atoms with Crippen LogP contribution in [0.1, 0.15) is 74.9 Å². The van der Waals surface area contributed by atoms with E-state index in [4.69, 9.17) is 0 Å². The van der Waals surface area contributed by atoms with Crippen molar-refractivity contribution < 1.29 is 9.90 Å². The SMILES string of the molecule is CC1CC(C)(C)N2CCC(C)(C)c3c(O)c(C=O)cc1c32. The fourth-order valence-corrected chi connectivity index (χ4v) is 4.31. The van der Waals surface area contributed by atoms with E-state index in [0.29, 0.717) is 11.5 Å². The van der Waals surface area contributed by atoms with E-state index in [9.17, 15) is 9.90 Å². The van der Waals surface area contributed by atoms with Gasteiger partial charge in [0.1, 0.15) is 5.75 Å². The molecule has 0 bridgehead atoms. The van der Waals surface area contributed by atoms with Gasteiger partial charge in [-0.05, 0) is 49.7 Å². The molecule has 2 heterocycles. The Morgan fingerprint density at radius 2 is 2.00 bits per heavy atom. The molecule has 1 aromatic carbocycles. The number of hydrogen-bond acceptors (Lipinski definition) is 3. The van der Waals surface area contributed by atoms with E-state index >= 15 is 0 Å². The van der Waals surface area contributed by atoms with Crippen molar-refractivity contribution >= 4 is 12.0 Å². The monoisotopic (exact) mass is 287 g/mol. The van der Waals surface area contributed by atoms with Gasteiger partial charge in [-0.2, -0.15) is 0 Å². The van der Waals surface area contributed by atoms with Gasteiger partial charge in [0.15, 0.2) is 6.29 Å². The molecule has 2 aliphatic rings. The van der Waals surface area contributed by atoms with Crippen molar-refractivity contribution in [2.24, 2.45) is 0 Å². The molecule has 0 aliphatic carbocycles. The van der Waals surface area contributed by atoms with Gasteiger partial charge >= 0.3 is 0 Å². The average Bonchev–Trinajstić information content (AvgIpc) is 2.36. The summed E-state index contributed by atoms with van der Waals surface area (Å²) in [6.07, 6.45) is 2.85. The molecule has 21 heavy (non-hydrogen) atoms. The maximum absolute atomic E-state index is 11.4. The van der Waals surface area contributed by atoms with Gasteiger partial charge in [-0.3, -0.25) is 4.79 Å². The Kier molecular flexibility index (Phi) is 2.92. The molecule has 0 spiro atoms. The number of nitrogens with zero attached hydrogens (tertiary/aromatic N) is 1. The number of carbonyl (C=O) groups excluding carboxylic acids is 1. The molecule has 0 saturated heterocycles. The van der Waals surface area contributed by atoms with Crippen LogP contribution in [0.4, 0.5) is 5.69 Å². The van der Waals surface area contributed by atoms with E-state index in [1.54, 1.807) is 0 Å². The van der Waals surface area contributed by atoms with E-state index in [1.807, 2.05) is 6.07 Å². The second-order valence-electron chi connectivity index (χ2n) is 7.95. The highest BCUT2D eigenvalue weighted by molar-refractivity contribution is 5.86. The van der Waals surface area contributed by atoms with Gasteiger partial charge in [0, 0.05) is 23.3 Å². The van der Waals surface area contributed by atoms with Crippen LogP contribution in [0.25, 0.3) is 0 Å². The number of carbonyl (C=O) groups is 1. The molecule has 0 aromatic heterocycles. The average molecular weight is 287 g/mol. The molecule has 3 nitrogen and oxygen atoms in total. The lowest BCUT2D eigenvalue weighted by atomic mass is 9.69. The maximum atomic E-state index is 11.4. The highest BCUT2D eigenvalue weighted by Crippen LogP contribution is 2.54. The van der Waals surface area contributed by atoms with Crippen LogP contribution in [0.2, 0.25) is 0 Å². The number of rotatable bonds is 1. The zero-order chi connectivity index (χ0) is 15.6. The lowest BCUT2D eigenvalue weighted by Gasteiger charge is -2.53.